The fourth-order valence-corrected chi connectivity index (χ4v) is 2.55. The van der Waals surface area contributed by atoms with E-state index in [1.54, 1.807) is 0 Å². The fourth-order valence-electron chi connectivity index (χ4n) is 2.42. The molecule has 1 heterocycles. The molecule has 2 aromatic carbocycles. The van der Waals surface area contributed by atoms with Crippen LogP contribution in [-0.2, 0) is 12.8 Å². The number of benzene rings is 2. The van der Waals surface area contributed by atoms with Crippen molar-refractivity contribution in [2.45, 2.75) is 12.8 Å². The smallest absolute Gasteiger partial charge is 0.122 e. The second-order valence-electron chi connectivity index (χ2n) is 5.03. The molecule has 1 aliphatic heterocycles. The highest BCUT2D eigenvalue weighted by molar-refractivity contribution is 7.80. The van der Waals surface area contributed by atoms with Crippen molar-refractivity contribution in [1.82, 2.24) is 0 Å². The Hall–Kier alpha value is -2.07. The molecule has 0 spiro atoms. The van der Waals surface area contributed by atoms with E-state index in [-0.39, 0.29) is 0 Å². The molecule has 1 aliphatic rings. The summed E-state index contributed by atoms with van der Waals surface area (Å²) in [7, 11) is 0. The first-order valence-electron chi connectivity index (χ1n) is 6.99. The monoisotopic (exact) mass is 299 g/mol. The summed E-state index contributed by atoms with van der Waals surface area (Å²) in [4.78, 5) is 0.388. The van der Waals surface area contributed by atoms with Crippen molar-refractivity contribution in [3.05, 3.63) is 59.2 Å². The van der Waals surface area contributed by atoms with E-state index in [4.69, 9.17) is 27.4 Å². The van der Waals surface area contributed by atoms with E-state index in [0.29, 0.717) is 11.6 Å². The summed E-state index contributed by atoms with van der Waals surface area (Å²) in [6, 6.07) is 13.9. The van der Waals surface area contributed by atoms with Gasteiger partial charge in [-0.25, -0.2) is 0 Å². The molecule has 3 rings (SSSR count). The van der Waals surface area contributed by atoms with Crippen molar-refractivity contribution in [3.8, 4) is 11.5 Å². The van der Waals surface area contributed by atoms with E-state index in [9.17, 15) is 0 Å². The molecule has 0 radical (unpaired) electrons. The first-order chi connectivity index (χ1) is 10.2. The highest BCUT2D eigenvalue weighted by atomic mass is 32.1. The highest BCUT2D eigenvalue weighted by Gasteiger charge is 2.11. The third-order valence-electron chi connectivity index (χ3n) is 3.53. The maximum absolute atomic E-state index is 5.77. The second kappa shape index (κ2) is 6.14. The quantitative estimate of drug-likeness (QED) is 0.862. The summed E-state index contributed by atoms with van der Waals surface area (Å²) in [5, 5.41) is 0. The molecule has 4 heteroatoms. The highest BCUT2D eigenvalue weighted by Crippen LogP contribution is 2.26. The predicted octanol–water partition coefficient (Wildman–Crippen LogP) is 2.88. The van der Waals surface area contributed by atoms with Gasteiger partial charge in [0.1, 0.15) is 16.5 Å². The largest absolute Gasteiger partial charge is 0.493 e. The van der Waals surface area contributed by atoms with E-state index in [1.165, 1.54) is 11.1 Å². The normalized spacial score (nSPS) is 12.6. The number of fused-ring (bicyclic) bond motifs is 1. The van der Waals surface area contributed by atoms with E-state index in [1.807, 2.05) is 30.3 Å². The summed E-state index contributed by atoms with van der Waals surface area (Å²) in [6.45, 7) is 1.42. The van der Waals surface area contributed by atoms with Crippen molar-refractivity contribution >= 4 is 17.2 Å². The van der Waals surface area contributed by atoms with E-state index in [0.717, 1.165) is 36.5 Å². The third-order valence-corrected chi connectivity index (χ3v) is 3.77. The molecule has 0 saturated heterocycles. The Morgan fingerprint density at radius 2 is 2.14 bits per heavy atom. The van der Waals surface area contributed by atoms with Crippen molar-refractivity contribution in [2.75, 3.05) is 13.2 Å². The molecule has 0 amide bonds. The van der Waals surface area contributed by atoms with Crippen LogP contribution in [-0.4, -0.2) is 18.2 Å². The molecule has 0 aromatic heterocycles. The van der Waals surface area contributed by atoms with Gasteiger partial charge in [-0.2, -0.15) is 0 Å². The van der Waals surface area contributed by atoms with E-state index < -0.39 is 0 Å². The molecule has 0 atom stereocenters. The summed E-state index contributed by atoms with van der Waals surface area (Å²) in [5.41, 5.74) is 9.01. The van der Waals surface area contributed by atoms with Crippen LogP contribution in [0, 0.1) is 0 Å². The minimum Gasteiger partial charge on any atom is -0.493 e. The Balaban J connectivity index is 1.59. The lowest BCUT2D eigenvalue weighted by molar-refractivity contribution is 0.322. The molecule has 0 saturated carbocycles. The molecule has 2 aromatic rings. The molecule has 21 heavy (non-hydrogen) atoms. The lowest BCUT2D eigenvalue weighted by Gasteiger charge is -2.08. The molecule has 0 unspecified atom stereocenters. The molecule has 0 bridgehead atoms. The molecule has 2 N–H and O–H groups in total. The average Bonchev–Trinajstić information content (AvgIpc) is 2.95. The summed E-state index contributed by atoms with van der Waals surface area (Å²) in [5.74, 6) is 1.81. The molecule has 0 aliphatic carbocycles. The van der Waals surface area contributed by atoms with E-state index in [2.05, 4.69) is 12.1 Å². The minimum atomic E-state index is 0.388. The fraction of sp³-hybridized carbons (Fsp3) is 0.235. The van der Waals surface area contributed by atoms with Crippen molar-refractivity contribution in [2.24, 2.45) is 5.73 Å². The molecular weight excluding hydrogens is 282 g/mol. The van der Waals surface area contributed by atoms with Gasteiger partial charge in [-0.3, -0.25) is 0 Å². The van der Waals surface area contributed by atoms with Gasteiger partial charge in [0.15, 0.2) is 0 Å². The number of hydrogen-bond donors (Lipinski definition) is 1. The van der Waals surface area contributed by atoms with Gasteiger partial charge in [0.2, 0.25) is 0 Å². The lowest BCUT2D eigenvalue weighted by atomic mass is 10.1. The van der Waals surface area contributed by atoms with Crippen LogP contribution in [0.25, 0.3) is 0 Å². The van der Waals surface area contributed by atoms with Gasteiger partial charge < -0.3 is 15.2 Å². The second-order valence-corrected chi connectivity index (χ2v) is 5.47. The number of rotatable bonds is 5. The zero-order valence-corrected chi connectivity index (χ0v) is 12.5. The van der Waals surface area contributed by atoms with Crippen LogP contribution in [0.2, 0.25) is 0 Å². The predicted molar refractivity (Wildman–Crippen MR) is 87.2 cm³/mol. The zero-order valence-electron chi connectivity index (χ0n) is 11.7. The molecular formula is C17H17NO2S. The number of hydrogen-bond acceptors (Lipinski definition) is 3. The van der Waals surface area contributed by atoms with Gasteiger partial charge in [0.05, 0.1) is 13.2 Å². The first-order valence-corrected chi connectivity index (χ1v) is 7.40. The van der Waals surface area contributed by atoms with Gasteiger partial charge in [-0.15, -0.1) is 0 Å². The van der Waals surface area contributed by atoms with Crippen LogP contribution < -0.4 is 15.2 Å². The maximum atomic E-state index is 5.77. The Bertz CT molecular complexity index is 670. The summed E-state index contributed by atoms with van der Waals surface area (Å²) in [6.07, 6.45) is 1.87. The zero-order chi connectivity index (χ0) is 14.7. The number of thiocarbonyl (C=S) groups is 1. The SMILES string of the molecule is NC(=S)c1cccc(OCCc2ccc3c(c2)CCO3)c1. The van der Waals surface area contributed by atoms with Gasteiger partial charge in [0.25, 0.3) is 0 Å². The van der Waals surface area contributed by atoms with Crippen molar-refractivity contribution in [1.29, 1.82) is 0 Å². The van der Waals surface area contributed by atoms with Crippen LogP contribution in [0.5, 0.6) is 11.5 Å². The lowest BCUT2D eigenvalue weighted by Crippen LogP contribution is -2.09. The Kier molecular flexibility index (Phi) is 4.06. The number of nitrogens with two attached hydrogens (primary N) is 1. The van der Waals surface area contributed by atoms with Crippen LogP contribution in [0.4, 0.5) is 0 Å². The Morgan fingerprint density at radius 3 is 3.00 bits per heavy atom. The Labute approximate surface area is 129 Å². The van der Waals surface area contributed by atoms with Crippen molar-refractivity contribution in [3.63, 3.8) is 0 Å². The Morgan fingerprint density at radius 1 is 1.24 bits per heavy atom. The van der Waals surface area contributed by atoms with Crippen molar-refractivity contribution < 1.29 is 9.47 Å². The maximum Gasteiger partial charge on any atom is 0.122 e. The van der Waals surface area contributed by atoms with Crippen LogP contribution in [0.15, 0.2) is 42.5 Å². The van der Waals surface area contributed by atoms with Crippen LogP contribution in [0.1, 0.15) is 16.7 Å². The molecule has 108 valence electrons. The van der Waals surface area contributed by atoms with Gasteiger partial charge in [-0.05, 0) is 29.3 Å². The van der Waals surface area contributed by atoms with E-state index >= 15 is 0 Å². The number of ether oxygens (including phenoxy) is 2. The minimum absolute atomic E-state index is 0.388. The van der Waals surface area contributed by atoms with Gasteiger partial charge in [-0.1, -0.05) is 36.5 Å². The van der Waals surface area contributed by atoms with Crippen LogP contribution in [0.3, 0.4) is 0 Å². The standard InChI is InChI=1S/C17H17NO2S/c18-17(21)14-2-1-3-15(11-14)19-8-6-12-4-5-16-13(10-12)7-9-20-16/h1-5,10-11H,6-9H2,(H2,18,21). The molecule has 3 nitrogen and oxygen atoms in total. The van der Waals surface area contributed by atoms with Crippen LogP contribution >= 0.6 is 12.2 Å². The molecule has 0 fully saturated rings. The summed E-state index contributed by atoms with van der Waals surface area (Å²) < 4.78 is 11.3. The first kappa shape index (κ1) is 13.9. The third kappa shape index (κ3) is 3.34. The average molecular weight is 299 g/mol. The van der Waals surface area contributed by atoms with Gasteiger partial charge >= 0.3 is 0 Å². The topological polar surface area (TPSA) is 44.5 Å². The summed E-state index contributed by atoms with van der Waals surface area (Å²) >= 11 is 4.97. The van der Waals surface area contributed by atoms with Gasteiger partial charge in [0, 0.05) is 18.4 Å².